The van der Waals surface area contributed by atoms with Gasteiger partial charge in [-0.25, -0.2) is 0 Å². The Labute approximate surface area is 103 Å². The second-order valence-electron chi connectivity index (χ2n) is 3.23. The van der Waals surface area contributed by atoms with Crippen molar-refractivity contribution in [1.82, 2.24) is 4.57 Å². The van der Waals surface area contributed by atoms with Crippen LogP contribution in [0.15, 0.2) is 34.3 Å². The maximum Gasteiger partial charge on any atom is 0.192 e. The molecule has 1 aromatic carbocycles. The van der Waals surface area contributed by atoms with Gasteiger partial charge in [0.2, 0.25) is 0 Å². The number of fused-ring (bicyclic) bond motifs is 1. The Bertz CT molecular complexity index is 593. The van der Waals surface area contributed by atoms with E-state index in [4.69, 9.17) is 0 Å². The van der Waals surface area contributed by atoms with Crippen LogP contribution in [0.2, 0.25) is 0 Å². The topological polar surface area (TPSA) is 29.6 Å². The summed E-state index contributed by atoms with van der Waals surface area (Å²) < 4.78 is 3.35. The lowest BCUT2D eigenvalue weighted by Gasteiger charge is -1.94. The average molecular weight is 251 g/mol. The molecule has 2 aromatic rings. The minimum atomic E-state index is 0.808. The number of benzene rings is 1. The zero-order valence-corrected chi connectivity index (χ0v) is 11.1. The summed E-state index contributed by atoms with van der Waals surface area (Å²) in [6.45, 7) is 0. The molecule has 3 nitrogen and oxygen atoms in total. The van der Waals surface area contributed by atoms with E-state index in [1.165, 1.54) is 10.2 Å². The van der Waals surface area contributed by atoms with Crippen molar-refractivity contribution in [3.8, 4) is 0 Å². The van der Waals surface area contributed by atoms with E-state index in [-0.39, 0.29) is 0 Å². The number of aromatic nitrogens is 1. The van der Waals surface area contributed by atoms with Gasteiger partial charge in [-0.2, -0.15) is 4.99 Å². The maximum atomic E-state index is 4.53. The predicted molar refractivity (Wildman–Crippen MR) is 73.2 cm³/mol. The van der Waals surface area contributed by atoms with E-state index in [0.29, 0.717) is 0 Å². The number of rotatable bonds is 0. The molecule has 16 heavy (non-hydrogen) atoms. The standard InChI is InChI=1S/C11H13N3S2/c1-12-10(15-3)13-11-14(2)8-6-4-5-7-9(8)16-11/h4-7H,1-3H3/b12-10?,13-11-. The third kappa shape index (κ3) is 2.05. The second-order valence-corrected chi connectivity index (χ2v) is 5.02. The van der Waals surface area contributed by atoms with Gasteiger partial charge in [-0.15, -0.1) is 0 Å². The van der Waals surface area contributed by atoms with Crippen molar-refractivity contribution in [1.29, 1.82) is 0 Å². The lowest BCUT2D eigenvalue weighted by atomic mass is 10.3. The van der Waals surface area contributed by atoms with Crippen molar-refractivity contribution in [2.75, 3.05) is 13.3 Å². The molecule has 0 N–H and O–H groups in total. The molecule has 1 heterocycles. The lowest BCUT2D eigenvalue weighted by molar-refractivity contribution is 0.917. The van der Waals surface area contributed by atoms with Crippen LogP contribution in [0, 0.1) is 0 Å². The van der Waals surface area contributed by atoms with E-state index in [1.807, 2.05) is 25.4 Å². The van der Waals surface area contributed by atoms with Crippen LogP contribution in [0.5, 0.6) is 0 Å². The minimum Gasteiger partial charge on any atom is -0.319 e. The Morgan fingerprint density at radius 3 is 2.75 bits per heavy atom. The summed E-state index contributed by atoms with van der Waals surface area (Å²) in [5, 5.41) is 0.808. The van der Waals surface area contributed by atoms with Gasteiger partial charge in [0.05, 0.1) is 10.2 Å². The summed E-state index contributed by atoms with van der Waals surface area (Å²) in [5.41, 5.74) is 1.21. The first-order valence-corrected chi connectivity index (χ1v) is 6.90. The third-order valence-electron chi connectivity index (χ3n) is 2.28. The van der Waals surface area contributed by atoms with Crippen LogP contribution in [0.25, 0.3) is 10.2 Å². The molecule has 84 valence electrons. The van der Waals surface area contributed by atoms with Gasteiger partial charge >= 0.3 is 0 Å². The van der Waals surface area contributed by atoms with Crippen LogP contribution in [0.3, 0.4) is 0 Å². The van der Waals surface area contributed by atoms with Gasteiger partial charge in [0, 0.05) is 14.1 Å². The second kappa shape index (κ2) is 4.84. The van der Waals surface area contributed by atoms with Gasteiger partial charge < -0.3 is 4.57 Å². The summed E-state index contributed by atoms with van der Waals surface area (Å²) in [5.74, 6) is 0. The Morgan fingerprint density at radius 1 is 1.38 bits per heavy atom. The number of amidine groups is 1. The quantitative estimate of drug-likeness (QED) is 0.522. The van der Waals surface area contributed by atoms with Gasteiger partial charge in [0.1, 0.15) is 0 Å². The van der Waals surface area contributed by atoms with Gasteiger partial charge in [-0.1, -0.05) is 35.2 Å². The van der Waals surface area contributed by atoms with Gasteiger partial charge in [0.25, 0.3) is 0 Å². The summed E-state index contributed by atoms with van der Waals surface area (Å²) in [4.78, 5) is 9.63. The van der Waals surface area contributed by atoms with Crippen LogP contribution >= 0.6 is 23.1 Å². The van der Waals surface area contributed by atoms with E-state index >= 15 is 0 Å². The Kier molecular flexibility index (Phi) is 3.46. The normalized spacial score (nSPS) is 13.7. The Balaban J connectivity index is 2.66. The van der Waals surface area contributed by atoms with Crippen molar-refractivity contribution >= 4 is 38.5 Å². The molecule has 2 rings (SSSR count). The minimum absolute atomic E-state index is 0.808. The van der Waals surface area contributed by atoms with Gasteiger partial charge in [-0.05, 0) is 18.4 Å². The van der Waals surface area contributed by atoms with Gasteiger partial charge in [0.15, 0.2) is 9.97 Å². The first-order valence-electron chi connectivity index (χ1n) is 4.86. The molecule has 0 aliphatic rings. The van der Waals surface area contributed by atoms with Crippen molar-refractivity contribution in [3.05, 3.63) is 29.1 Å². The molecule has 0 amide bonds. The van der Waals surface area contributed by atoms with E-state index < -0.39 is 0 Å². The smallest absolute Gasteiger partial charge is 0.192 e. The number of hydrogen-bond donors (Lipinski definition) is 0. The summed E-state index contributed by atoms with van der Waals surface area (Å²) in [6.07, 6.45) is 1.99. The fraction of sp³-hybridized carbons (Fsp3) is 0.273. The van der Waals surface area contributed by atoms with Crippen LogP contribution in [-0.2, 0) is 7.05 Å². The highest BCUT2D eigenvalue weighted by molar-refractivity contribution is 8.13. The molecule has 0 saturated heterocycles. The summed E-state index contributed by atoms with van der Waals surface area (Å²) in [7, 11) is 3.80. The van der Waals surface area contributed by atoms with Crippen molar-refractivity contribution in [2.24, 2.45) is 17.0 Å². The monoisotopic (exact) mass is 251 g/mol. The molecule has 1 aromatic heterocycles. The van der Waals surface area contributed by atoms with E-state index in [9.17, 15) is 0 Å². The summed E-state index contributed by atoms with van der Waals surface area (Å²) in [6, 6.07) is 8.31. The number of aliphatic imine (C=N–C) groups is 1. The molecular weight excluding hydrogens is 238 g/mol. The highest BCUT2D eigenvalue weighted by atomic mass is 32.2. The van der Waals surface area contributed by atoms with E-state index in [0.717, 1.165) is 9.97 Å². The van der Waals surface area contributed by atoms with Crippen molar-refractivity contribution < 1.29 is 0 Å². The number of aryl methyl sites for hydroxylation is 1. The molecule has 0 saturated carbocycles. The van der Waals surface area contributed by atoms with Crippen LogP contribution in [-0.4, -0.2) is 23.0 Å². The lowest BCUT2D eigenvalue weighted by Crippen LogP contribution is -2.11. The predicted octanol–water partition coefficient (Wildman–Crippen LogP) is 2.49. The highest BCUT2D eigenvalue weighted by Crippen LogP contribution is 2.15. The third-order valence-corrected chi connectivity index (χ3v) is 4.03. The van der Waals surface area contributed by atoms with Gasteiger partial charge in [-0.3, -0.25) is 4.99 Å². The Hall–Kier alpha value is -1.07. The van der Waals surface area contributed by atoms with Crippen LogP contribution in [0.1, 0.15) is 0 Å². The van der Waals surface area contributed by atoms with Crippen LogP contribution < -0.4 is 4.80 Å². The van der Waals surface area contributed by atoms with Crippen LogP contribution in [0.4, 0.5) is 0 Å². The van der Waals surface area contributed by atoms with E-state index in [1.54, 1.807) is 30.1 Å². The molecule has 0 bridgehead atoms. The summed E-state index contributed by atoms with van der Waals surface area (Å²) >= 11 is 3.25. The SMILES string of the molecule is CN=C(/N=c1\sc2ccccc2n1C)SC. The molecule has 0 atom stereocenters. The average Bonchev–Trinajstić information content (AvgIpc) is 2.64. The molecule has 0 aliphatic carbocycles. The number of hydrogen-bond acceptors (Lipinski definition) is 3. The van der Waals surface area contributed by atoms with E-state index in [2.05, 4.69) is 26.7 Å². The van der Waals surface area contributed by atoms with Crippen molar-refractivity contribution in [3.63, 3.8) is 0 Å². The number of para-hydroxylation sites is 1. The largest absolute Gasteiger partial charge is 0.319 e. The fourth-order valence-electron chi connectivity index (χ4n) is 1.46. The highest BCUT2D eigenvalue weighted by Gasteiger charge is 2.01. The zero-order valence-electron chi connectivity index (χ0n) is 9.47. The van der Waals surface area contributed by atoms with Crippen molar-refractivity contribution in [2.45, 2.75) is 0 Å². The number of thiazole rings is 1. The number of thioether (sulfide) groups is 1. The molecule has 5 heteroatoms. The first kappa shape index (κ1) is 11.4. The number of nitrogens with zero attached hydrogens (tertiary/aromatic N) is 3. The molecular formula is C11H13N3S2. The molecule has 0 fully saturated rings. The zero-order chi connectivity index (χ0) is 11.5. The molecule has 0 spiro atoms. The Morgan fingerprint density at radius 2 is 2.12 bits per heavy atom. The first-order chi connectivity index (χ1) is 7.76. The maximum absolute atomic E-state index is 4.53. The molecule has 0 radical (unpaired) electrons. The molecule has 0 unspecified atom stereocenters. The molecule has 0 aliphatic heterocycles. The fourth-order valence-corrected chi connectivity index (χ4v) is 2.90.